The van der Waals surface area contributed by atoms with Gasteiger partial charge in [-0.05, 0) is 51.4 Å². The number of hydrogen-bond acceptors (Lipinski definition) is 5. The molecule has 0 rings (SSSR count). The highest BCUT2D eigenvalue weighted by atomic mass is 16.6. The van der Waals surface area contributed by atoms with Crippen LogP contribution in [0.15, 0.2) is 48.6 Å². The van der Waals surface area contributed by atoms with Gasteiger partial charge in [-0.3, -0.25) is 9.59 Å². The highest BCUT2D eigenvalue weighted by molar-refractivity contribution is 5.70. The van der Waals surface area contributed by atoms with Crippen LogP contribution in [0.2, 0.25) is 0 Å². The van der Waals surface area contributed by atoms with E-state index in [0.717, 1.165) is 77.0 Å². The van der Waals surface area contributed by atoms with Crippen molar-refractivity contribution >= 4 is 11.9 Å². The van der Waals surface area contributed by atoms with Gasteiger partial charge in [0.1, 0.15) is 6.61 Å². The third-order valence-corrected chi connectivity index (χ3v) is 6.39. The summed E-state index contributed by atoms with van der Waals surface area (Å²) in [6.45, 7) is 3.94. The van der Waals surface area contributed by atoms with Gasteiger partial charge in [0.05, 0.1) is 6.61 Å². The van der Waals surface area contributed by atoms with Crippen LogP contribution in [0.5, 0.6) is 0 Å². The zero-order valence-electron chi connectivity index (χ0n) is 25.1. The van der Waals surface area contributed by atoms with Crippen LogP contribution in [-0.2, 0) is 19.1 Å². The standard InChI is InChI=1S/C34H58O5/c1-3-5-7-9-11-13-14-15-16-17-18-19-20-21-23-25-27-29-34(37)39-32(30-35)31-38-33(36)28-26-24-22-12-10-8-6-4-2/h5,7,11,13,15-16,18-19,32,35H,3-4,6,8-10,12,14,17,20-31H2,1-2H3/b7-5-,13-11-,16-15-,19-18-. The third-order valence-electron chi connectivity index (χ3n) is 6.39. The number of unbranched alkanes of at least 4 members (excludes halogenated alkanes) is 11. The minimum Gasteiger partial charge on any atom is -0.462 e. The lowest BCUT2D eigenvalue weighted by atomic mass is 10.1. The van der Waals surface area contributed by atoms with E-state index in [9.17, 15) is 14.7 Å². The van der Waals surface area contributed by atoms with Crippen LogP contribution >= 0.6 is 0 Å². The molecule has 0 spiro atoms. The molecule has 0 heterocycles. The van der Waals surface area contributed by atoms with Gasteiger partial charge in [-0.15, -0.1) is 0 Å². The molecule has 224 valence electrons. The number of hydrogen-bond donors (Lipinski definition) is 1. The second kappa shape index (κ2) is 30.4. The second-order valence-electron chi connectivity index (χ2n) is 10.2. The minimum atomic E-state index is -0.779. The Hall–Kier alpha value is -2.14. The first-order valence-corrected chi connectivity index (χ1v) is 15.7. The Labute approximate surface area is 239 Å². The quantitative estimate of drug-likeness (QED) is 0.0632. The molecular formula is C34H58O5. The SMILES string of the molecule is CC/C=C\C/C=C\C/C=C\C/C=C\CCCCCCC(=O)OC(CO)COC(=O)CCCCCCCCCC. The van der Waals surface area contributed by atoms with Gasteiger partial charge in [0.2, 0.25) is 0 Å². The van der Waals surface area contributed by atoms with E-state index in [-0.39, 0.29) is 25.2 Å². The highest BCUT2D eigenvalue weighted by Gasteiger charge is 2.16. The summed E-state index contributed by atoms with van der Waals surface area (Å²) in [5, 5.41) is 9.46. The van der Waals surface area contributed by atoms with Gasteiger partial charge < -0.3 is 14.6 Å². The maximum Gasteiger partial charge on any atom is 0.306 e. The molecule has 39 heavy (non-hydrogen) atoms. The van der Waals surface area contributed by atoms with Crippen molar-refractivity contribution in [3.05, 3.63) is 48.6 Å². The van der Waals surface area contributed by atoms with Crippen molar-refractivity contribution in [3.8, 4) is 0 Å². The Morgan fingerprint density at radius 1 is 0.615 bits per heavy atom. The van der Waals surface area contributed by atoms with Crippen LogP contribution in [0, 0.1) is 0 Å². The average molecular weight is 547 g/mol. The van der Waals surface area contributed by atoms with Gasteiger partial charge in [-0.2, -0.15) is 0 Å². The maximum atomic E-state index is 12.1. The number of aliphatic hydroxyl groups is 1. The van der Waals surface area contributed by atoms with Crippen LogP contribution in [0.25, 0.3) is 0 Å². The van der Waals surface area contributed by atoms with Crippen molar-refractivity contribution < 1.29 is 24.2 Å². The molecule has 0 aliphatic carbocycles. The molecule has 0 aromatic rings. The fourth-order valence-corrected chi connectivity index (χ4v) is 4.01. The predicted octanol–water partition coefficient (Wildman–Crippen LogP) is 9.11. The van der Waals surface area contributed by atoms with E-state index < -0.39 is 6.10 Å². The van der Waals surface area contributed by atoms with Crippen LogP contribution in [0.1, 0.15) is 136 Å². The zero-order chi connectivity index (χ0) is 28.7. The molecule has 0 aromatic carbocycles. The Kier molecular flexibility index (Phi) is 28.7. The first-order chi connectivity index (χ1) is 19.1. The van der Waals surface area contributed by atoms with Crippen molar-refractivity contribution in [2.75, 3.05) is 13.2 Å². The summed E-state index contributed by atoms with van der Waals surface area (Å²) in [6, 6.07) is 0. The van der Waals surface area contributed by atoms with Crippen LogP contribution in [-0.4, -0.2) is 36.4 Å². The molecule has 1 atom stereocenters. The van der Waals surface area contributed by atoms with Crippen LogP contribution < -0.4 is 0 Å². The fraction of sp³-hybridized carbons (Fsp3) is 0.706. The van der Waals surface area contributed by atoms with Gasteiger partial charge in [-0.1, -0.05) is 120 Å². The Balaban J connectivity index is 3.67. The summed E-state index contributed by atoms with van der Waals surface area (Å²) in [4.78, 5) is 24.0. The van der Waals surface area contributed by atoms with Gasteiger partial charge in [-0.25, -0.2) is 0 Å². The Bertz CT molecular complexity index is 677. The number of allylic oxidation sites excluding steroid dienone is 8. The molecule has 1 unspecified atom stereocenters. The normalized spacial score (nSPS) is 12.8. The molecule has 0 fully saturated rings. The summed E-state index contributed by atoms with van der Waals surface area (Å²) >= 11 is 0. The van der Waals surface area contributed by atoms with Gasteiger partial charge in [0, 0.05) is 12.8 Å². The molecule has 5 heteroatoms. The second-order valence-corrected chi connectivity index (χ2v) is 10.2. The first kappa shape index (κ1) is 36.9. The third kappa shape index (κ3) is 28.7. The molecule has 0 aliphatic rings. The van der Waals surface area contributed by atoms with Crippen molar-refractivity contribution in [1.82, 2.24) is 0 Å². The monoisotopic (exact) mass is 546 g/mol. The number of ether oxygens (including phenoxy) is 2. The Morgan fingerprint density at radius 2 is 1.10 bits per heavy atom. The molecule has 5 nitrogen and oxygen atoms in total. The fourth-order valence-electron chi connectivity index (χ4n) is 4.01. The van der Waals surface area contributed by atoms with E-state index in [1.54, 1.807) is 0 Å². The largest absolute Gasteiger partial charge is 0.462 e. The summed E-state index contributed by atoms with van der Waals surface area (Å²) in [5.74, 6) is -0.629. The van der Waals surface area contributed by atoms with E-state index in [4.69, 9.17) is 9.47 Å². The van der Waals surface area contributed by atoms with Crippen LogP contribution in [0.3, 0.4) is 0 Å². The van der Waals surface area contributed by atoms with Crippen molar-refractivity contribution in [1.29, 1.82) is 0 Å². The van der Waals surface area contributed by atoms with E-state index in [1.165, 1.54) is 32.1 Å². The van der Waals surface area contributed by atoms with E-state index >= 15 is 0 Å². The molecule has 0 aliphatic heterocycles. The van der Waals surface area contributed by atoms with Gasteiger partial charge in [0.15, 0.2) is 6.10 Å². The lowest BCUT2D eigenvalue weighted by molar-refractivity contribution is -0.161. The molecule has 0 saturated heterocycles. The highest BCUT2D eigenvalue weighted by Crippen LogP contribution is 2.11. The van der Waals surface area contributed by atoms with Gasteiger partial charge >= 0.3 is 11.9 Å². The average Bonchev–Trinajstić information content (AvgIpc) is 2.94. The Morgan fingerprint density at radius 3 is 1.67 bits per heavy atom. The van der Waals surface area contributed by atoms with Crippen molar-refractivity contribution in [2.45, 2.75) is 142 Å². The lowest BCUT2D eigenvalue weighted by Crippen LogP contribution is -2.28. The van der Waals surface area contributed by atoms with Crippen molar-refractivity contribution in [2.24, 2.45) is 0 Å². The summed E-state index contributed by atoms with van der Waals surface area (Å²) in [5.41, 5.74) is 0. The zero-order valence-corrected chi connectivity index (χ0v) is 25.1. The number of rotatable bonds is 27. The summed E-state index contributed by atoms with van der Waals surface area (Å²) in [7, 11) is 0. The van der Waals surface area contributed by atoms with Crippen LogP contribution in [0.4, 0.5) is 0 Å². The molecule has 0 radical (unpaired) electrons. The summed E-state index contributed by atoms with van der Waals surface area (Å²) < 4.78 is 10.5. The molecule has 0 bridgehead atoms. The number of carbonyl (C=O) groups is 2. The number of aliphatic hydroxyl groups excluding tert-OH is 1. The molecule has 0 aromatic heterocycles. The van der Waals surface area contributed by atoms with E-state index in [1.807, 2.05) is 0 Å². The van der Waals surface area contributed by atoms with Crippen molar-refractivity contribution in [3.63, 3.8) is 0 Å². The maximum absolute atomic E-state index is 12.1. The number of carbonyl (C=O) groups excluding carboxylic acids is 2. The number of esters is 2. The molecule has 0 amide bonds. The summed E-state index contributed by atoms with van der Waals surface area (Å²) in [6.07, 6.45) is 35.9. The predicted molar refractivity (Wildman–Crippen MR) is 164 cm³/mol. The molecule has 0 saturated carbocycles. The first-order valence-electron chi connectivity index (χ1n) is 15.7. The van der Waals surface area contributed by atoms with E-state index in [2.05, 4.69) is 62.5 Å². The smallest absolute Gasteiger partial charge is 0.306 e. The minimum absolute atomic E-state index is 0.0764. The van der Waals surface area contributed by atoms with E-state index in [0.29, 0.717) is 12.8 Å². The molecular weight excluding hydrogens is 488 g/mol. The molecule has 1 N–H and O–H groups in total. The lowest BCUT2D eigenvalue weighted by Gasteiger charge is -2.15. The van der Waals surface area contributed by atoms with Gasteiger partial charge in [0.25, 0.3) is 0 Å². The topological polar surface area (TPSA) is 72.8 Å².